The van der Waals surface area contributed by atoms with E-state index < -0.39 is 0 Å². The second-order valence-electron chi connectivity index (χ2n) is 6.57. The molecule has 2 saturated heterocycles. The highest BCUT2D eigenvalue weighted by Crippen LogP contribution is 2.33. The van der Waals surface area contributed by atoms with Crippen molar-refractivity contribution in [3.8, 4) is 0 Å². The van der Waals surface area contributed by atoms with E-state index >= 15 is 0 Å². The zero-order valence-corrected chi connectivity index (χ0v) is 12.9. The third kappa shape index (κ3) is 3.21. The van der Waals surface area contributed by atoms with E-state index in [9.17, 15) is 0 Å². The maximum Gasteiger partial charge on any atom is 0.157 e. The first-order valence-corrected chi connectivity index (χ1v) is 7.95. The van der Waals surface area contributed by atoms with Gasteiger partial charge in [0.05, 0.1) is 5.54 Å². The highest BCUT2D eigenvalue weighted by Gasteiger charge is 2.38. The van der Waals surface area contributed by atoms with Gasteiger partial charge in [-0.05, 0) is 24.2 Å². The van der Waals surface area contributed by atoms with Gasteiger partial charge in [-0.3, -0.25) is 4.99 Å². The summed E-state index contributed by atoms with van der Waals surface area (Å²) in [5.74, 6) is 1.81. The van der Waals surface area contributed by atoms with Gasteiger partial charge in [-0.15, -0.1) is 0 Å². The van der Waals surface area contributed by atoms with Gasteiger partial charge in [0.15, 0.2) is 5.17 Å². The number of aliphatic imine (C=N–C) groups is 1. The molecule has 2 aliphatic heterocycles. The molecular formula is C14H26N2OS. The van der Waals surface area contributed by atoms with Gasteiger partial charge >= 0.3 is 0 Å². The molecule has 104 valence electrons. The number of hydrogen-bond acceptors (Lipinski definition) is 3. The zero-order valence-electron chi connectivity index (χ0n) is 12.1. The van der Waals surface area contributed by atoms with Crippen LogP contribution in [-0.2, 0) is 4.74 Å². The average Bonchev–Trinajstić information content (AvgIpc) is 2.71. The predicted molar refractivity (Wildman–Crippen MR) is 79.3 cm³/mol. The van der Waals surface area contributed by atoms with Crippen molar-refractivity contribution in [2.45, 2.75) is 46.1 Å². The summed E-state index contributed by atoms with van der Waals surface area (Å²) in [6.07, 6.45) is 2.24. The fourth-order valence-electron chi connectivity index (χ4n) is 2.08. The lowest BCUT2D eigenvalue weighted by Gasteiger charge is -2.32. The van der Waals surface area contributed by atoms with Crippen molar-refractivity contribution in [3.05, 3.63) is 0 Å². The molecule has 0 amide bonds. The lowest BCUT2D eigenvalue weighted by molar-refractivity contribution is 0.0555. The quantitative estimate of drug-likeness (QED) is 0.856. The van der Waals surface area contributed by atoms with Gasteiger partial charge in [-0.2, -0.15) is 0 Å². The Balaban J connectivity index is 1.92. The Kier molecular flexibility index (Phi) is 4.27. The largest absolute Gasteiger partial charge is 0.381 e. The van der Waals surface area contributed by atoms with E-state index in [1.807, 2.05) is 11.8 Å². The van der Waals surface area contributed by atoms with Gasteiger partial charge in [0.25, 0.3) is 0 Å². The monoisotopic (exact) mass is 270 g/mol. The van der Waals surface area contributed by atoms with Gasteiger partial charge in [-0.25, -0.2) is 0 Å². The number of thioether (sulfide) groups is 1. The minimum Gasteiger partial charge on any atom is -0.381 e. The summed E-state index contributed by atoms with van der Waals surface area (Å²) in [6, 6.07) is 0. The summed E-state index contributed by atoms with van der Waals surface area (Å²) in [5.41, 5.74) is 0.546. The fraction of sp³-hybridized carbons (Fsp3) is 0.929. The van der Waals surface area contributed by atoms with Gasteiger partial charge in [0.1, 0.15) is 0 Å². The summed E-state index contributed by atoms with van der Waals surface area (Å²) in [4.78, 5) is 4.79. The maximum absolute atomic E-state index is 5.45. The van der Waals surface area contributed by atoms with Crippen molar-refractivity contribution in [2.24, 2.45) is 16.3 Å². The molecule has 2 rings (SSSR count). The van der Waals surface area contributed by atoms with Crippen LogP contribution in [0.3, 0.4) is 0 Å². The molecule has 0 aliphatic carbocycles. The van der Waals surface area contributed by atoms with Crippen LogP contribution in [0.2, 0.25) is 0 Å². The predicted octanol–water partition coefficient (Wildman–Crippen LogP) is 2.91. The van der Waals surface area contributed by atoms with Crippen molar-refractivity contribution in [1.29, 1.82) is 0 Å². The van der Waals surface area contributed by atoms with Crippen LogP contribution in [-0.4, -0.2) is 36.2 Å². The summed E-state index contributed by atoms with van der Waals surface area (Å²) < 4.78 is 5.45. The Morgan fingerprint density at radius 3 is 2.67 bits per heavy atom. The van der Waals surface area contributed by atoms with E-state index in [0.29, 0.717) is 5.92 Å². The number of amidine groups is 1. The second kappa shape index (κ2) is 5.41. The molecule has 2 heterocycles. The van der Waals surface area contributed by atoms with Gasteiger partial charge in [-0.1, -0.05) is 39.5 Å². The molecule has 4 heteroatoms. The minimum absolute atomic E-state index is 0.268. The summed E-state index contributed by atoms with van der Waals surface area (Å²) in [5, 5.41) is 4.79. The fourth-order valence-corrected chi connectivity index (χ4v) is 3.30. The number of nitrogens with one attached hydrogen (secondary N) is 1. The number of rotatable bonds is 3. The Bertz CT molecular complexity index is 320. The van der Waals surface area contributed by atoms with Crippen molar-refractivity contribution in [2.75, 3.05) is 25.5 Å². The van der Waals surface area contributed by atoms with E-state index in [1.165, 1.54) is 0 Å². The Morgan fingerprint density at radius 1 is 1.39 bits per heavy atom. The Morgan fingerprint density at radius 2 is 2.06 bits per heavy atom. The molecule has 0 atom stereocenters. The maximum atomic E-state index is 5.45. The number of nitrogens with zero attached hydrogens (tertiary/aromatic N) is 1. The third-order valence-electron chi connectivity index (χ3n) is 4.50. The van der Waals surface area contributed by atoms with Crippen molar-refractivity contribution >= 4 is 16.9 Å². The van der Waals surface area contributed by atoms with Crippen LogP contribution in [0.1, 0.15) is 40.5 Å². The van der Waals surface area contributed by atoms with E-state index in [-0.39, 0.29) is 11.0 Å². The molecule has 0 aromatic carbocycles. The lowest BCUT2D eigenvalue weighted by atomic mass is 9.81. The van der Waals surface area contributed by atoms with E-state index in [0.717, 1.165) is 43.5 Å². The van der Waals surface area contributed by atoms with Gasteiger partial charge in [0, 0.05) is 25.5 Å². The van der Waals surface area contributed by atoms with Crippen molar-refractivity contribution in [1.82, 2.24) is 5.32 Å². The van der Waals surface area contributed by atoms with Gasteiger partial charge in [0.2, 0.25) is 0 Å². The van der Waals surface area contributed by atoms with E-state index in [1.54, 1.807) is 0 Å². The lowest BCUT2D eigenvalue weighted by Crippen LogP contribution is -2.48. The summed E-state index contributed by atoms with van der Waals surface area (Å²) in [7, 11) is 0. The van der Waals surface area contributed by atoms with Crippen molar-refractivity contribution in [3.63, 3.8) is 0 Å². The van der Waals surface area contributed by atoms with Crippen LogP contribution in [0, 0.1) is 11.3 Å². The van der Waals surface area contributed by atoms with Crippen LogP contribution >= 0.6 is 11.8 Å². The first-order chi connectivity index (χ1) is 8.44. The highest BCUT2D eigenvalue weighted by molar-refractivity contribution is 8.14. The standard InChI is InChI=1S/C14H26N2OS/c1-11(2)13(3,4)9-15-12-16-14(10-18-12)5-7-17-8-6-14/h11H,5-10H2,1-4H3,(H,15,16). The van der Waals surface area contributed by atoms with E-state index in [4.69, 9.17) is 9.73 Å². The van der Waals surface area contributed by atoms with Crippen LogP contribution in [0.5, 0.6) is 0 Å². The molecule has 0 saturated carbocycles. The number of ether oxygens (including phenoxy) is 1. The third-order valence-corrected chi connectivity index (χ3v) is 5.70. The summed E-state index contributed by atoms with van der Waals surface area (Å²) >= 11 is 1.88. The molecule has 2 aliphatic rings. The zero-order chi connectivity index (χ0) is 13.2. The number of hydrogen-bond donors (Lipinski definition) is 1. The highest BCUT2D eigenvalue weighted by atomic mass is 32.2. The van der Waals surface area contributed by atoms with Crippen LogP contribution in [0.4, 0.5) is 0 Å². The first kappa shape index (κ1) is 14.2. The molecule has 1 spiro atoms. The molecule has 0 radical (unpaired) electrons. The molecule has 3 nitrogen and oxygen atoms in total. The topological polar surface area (TPSA) is 33.6 Å². The van der Waals surface area contributed by atoms with Crippen LogP contribution in [0.25, 0.3) is 0 Å². The molecule has 1 N–H and O–H groups in total. The molecule has 0 aromatic rings. The Labute approximate surface area is 115 Å². The molecular weight excluding hydrogens is 244 g/mol. The SMILES string of the molecule is CC(C)C(C)(C)CN=C1NC2(CCOCC2)CS1. The molecule has 0 bridgehead atoms. The molecule has 18 heavy (non-hydrogen) atoms. The minimum atomic E-state index is 0.268. The second-order valence-corrected chi connectivity index (χ2v) is 7.54. The van der Waals surface area contributed by atoms with Gasteiger partial charge < -0.3 is 10.1 Å². The molecule has 0 aromatic heterocycles. The van der Waals surface area contributed by atoms with Crippen LogP contribution in [0.15, 0.2) is 4.99 Å². The molecule has 2 fully saturated rings. The van der Waals surface area contributed by atoms with Crippen LogP contribution < -0.4 is 5.32 Å². The summed E-state index contributed by atoms with van der Waals surface area (Å²) in [6.45, 7) is 11.8. The normalized spacial score (nSPS) is 25.9. The smallest absolute Gasteiger partial charge is 0.157 e. The molecule has 0 unspecified atom stereocenters. The van der Waals surface area contributed by atoms with Crippen molar-refractivity contribution < 1.29 is 4.74 Å². The first-order valence-electron chi connectivity index (χ1n) is 6.97. The average molecular weight is 270 g/mol. The van der Waals surface area contributed by atoms with E-state index in [2.05, 4.69) is 33.0 Å². The Hall–Kier alpha value is -0.220.